The van der Waals surface area contributed by atoms with Crippen LogP contribution >= 0.6 is 0 Å². The summed E-state index contributed by atoms with van der Waals surface area (Å²) in [5.74, 6) is 1.78. The van der Waals surface area contributed by atoms with E-state index in [2.05, 4.69) is 16.5 Å². The minimum Gasteiger partial charge on any atom is -0.486 e. The van der Waals surface area contributed by atoms with Gasteiger partial charge in [0.1, 0.15) is 18.2 Å². The van der Waals surface area contributed by atoms with Gasteiger partial charge < -0.3 is 14.4 Å². The van der Waals surface area contributed by atoms with Gasteiger partial charge in [0.15, 0.2) is 0 Å². The molecule has 0 fully saturated rings. The quantitative estimate of drug-likeness (QED) is 0.916. The van der Waals surface area contributed by atoms with Crippen LogP contribution in [0.15, 0.2) is 30.6 Å². The van der Waals surface area contributed by atoms with Crippen molar-refractivity contribution in [3.05, 3.63) is 47.5 Å². The van der Waals surface area contributed by atoms with Crippen molar-refractivity contribution in [1.82, 2.24) is 9.55 Å². The first-order valence-corrected chi connectivity index (χ1v) is 6.71. The van der Waals surface area contributed by atoms with Crippen LogP contribution < -0.4 is 4.74 Å². The van der Waals surface area contributed by atoms with Crippen LogP contribution in [-0.4, -0.2) is 14.7 Å². The van der Waals surface area contributed by atoms with E-state index in [4.69, 9.17) is 4.74 Å². The second-order valence-electron chi connectivity index (χ2n) is 4.83. The molecule has 0 saturated heterocycles. The third-order valence-corrected chi connectivity index (χ3v) is 3.67. The lowest BCUT2D eigenvalue weighted by Gasteiger charge is -2.09. The lowest BCUT2D eigenvalue weighted by atomic mass is 10.1. The largest absolute Gasteiger partial charge is 0.486 e. The second-order valence-corrected chi connectivity index (χ2v) is 4.83. The van der Waals surface area contributed by atoms with Crippen molar-refractivity contribution in [3.8, 4) is 5.75 Å². The molecule has 1 aliphatic carbocycles. The van der Waals surface area contributed by atoms with Crippen LogP contribution in [0.1, 0.15) is 36.4 Å². The molecule has 0 spiro atoms. The monoisotopic (exact) mass is 258 g/mol. The van der Waals surface area contributed by atoms with Crippen LogP contribution in [0, 0.1) is 0 Å². The number of aliphatic hydroxyl groups excluding tert-OH is 1. The van der Waals surface area contributed by atoms with Crippen molar-refractivity contribution in [2.75, 3.05) is 0 Å². The van der Waals surface area contributed by atoms with Crippen molar-refractivity contribution in [1.29, 1.82) is 0 Å². The van der Waals surface area contributed by atoms with Crippen molar-refractivity contribution >= 4 is 0 Å². The van der Waals surface area contributed by atoms with Gasteiger partial charge in [-0.3, -0.25) is 0 Å². The molecule has 1 unspecified atom stereocenters. The molecular weight excluding hydrogens is 240 g/mol. The summed E-state index contributed by atoms with van der Waals surface area (Å²) in [4.78, 5) is 4.28. The van der Waals surface area contributed by atoms with Crippen LogP contribution in [0.5, 0.6) is 5.75 Å². The second kappa shape index (κ2) is 5.05. The average Bonchev–Trinajstić information content (AvgIpc) is 3.03. The first-order chi connectivity index (χ1) is 9.28. The maximum Gasteiger partial charge on any atom is 0.146 e. The van der Waals surface area contributed by atoms with Crippen molar-refractivity contribution in [3.63, 3.8) is 0 Å². The lowest BCUT2D eigenvalue weighted by molar-refractivity contribution is 0.180. The highest BCUT2D eigenvalue weighted by atomic mass is 16.5. The van der Waals surface area contributed by atoms with Gasteiger partial charge in [0.2, 0.25) is 0 Å². The number of rotatable bonds is 4. The minimum absolute atomic E-state index is 0.303. The molecule has 0 bridgehead atoms. The normalized spacial score (nSPS) is 17.5. The smallest absolute Gasteiger partial charge is 0.146 e. The van der Waals surface area contributed by atoms with E-state index in [-0.39, 0.29) is 6.10 Å². The average molecular weight is 258 g/mol. The molecule has 19 heavy (non-hydrogen) atoms. The molecular formula is C15H18N2O2. The molecule has 0 amide bonds. The Kier molecular flexibility index (Phi) is 3.25. The van der Waals surface area contributed by atoms with E-state index in [0.717, 1.165) is 36.5 Å². The molecule has 3 rings (SSSR count). The SMILES string of the molecule is CCn1ccnc1COc1ccc2c(c1)CCC2O. The van der Waals surface area contributed by atoms with Crippen molar-refractivity contribution in [2.24, 2.45) is 0 Å². The Balaban J connectivity index is 1.71. The molecule has 1 aromatic heterocycles. The Labute approximate surface area is 112 Å². The summed E-state index contributed by atoms with van der Waals surface area (Å²) < 4.78 is 7.86. The zero-order chi connectivity index (χ0) is 13.2. The first-order valence-electron chi connectivity index (χ1n) is 6.71. The van der Waals surface area contributed by atoms with Gasteiger partial charge in [-0.25, -0.2) is 4.98 Å². The van der Waals surface area contributed by atoms with Gasteiger partial charge in [0.05, 0.1) is 6.10 Å². The fourth-order valence-corrected chi connectivity index (χ4v) is 2.58. The maximum absolute atomic E-state index is 9.77. The van der Waals surface area contributed by atoms with Crippen LogP contribution in [0.4, 0.5) is 0 Å². The van der Waals surface area contributed by atoms with Gasteiger partial charge in [0, 0.05) is 18.9 Å². The predicted octanol–water partition coefficient (Wildman–Crippen LogP) is 2.46. The number of aryl methyl sites for hydroxylation is 2. The third kappa shape index (κ3) is 2.36. The number of imidazole rings is 1. The number of nitrogens with zero attached hydrogens (tertiary/aromatic N) is 2. The molecule has 0 aliphatic heterocycles. The van der Waals surface area contributed by atoms with E-state index in [1.165, 1.54) is 5.56 Å². The Bertz CT molecular complexity index is 577. The van der Waals surface area contributed by atoms with E-state index in [1.54, 1.807) is 6.20 Å². The van der Waals surface area contributed by atoms with Crippen LogP contribution in [-0.2, 0) is 19.6 Å². The van der Waals surface area contributed by atoms with Crippen LogP contribution in [0.25, 0.3) is 0 Å². The van der Waals surface area contributed by atoms with Gasteiger partial charge in [-0.1, -0.05) is 6.07 Å². The van der Waals surface area contributed by atoms with Gasteiger partial charge >= 0.3 is 0 Å². The standard InChI is InChI=1S/C15H18N2O2/c1-2-17-8-7-16-15(17)10-19-12-4-5-13-11(9-12)3-6-14(13)18/h4-5,7-9,14,18H,2-3,6,10H2,1H3. The summed E-state index contributed by atoms with van der Waals surface area (Å²) in [6, 6.07) is 5.92. The molecule has 100 valence electrons. The molecule has 1 N–H and O–H groups in total. The molecule has 1 heterocycles. The topological polar surface area (TPSA) is 47.3 Å². The molecule has 1 aliphatic rings. The number of fused-ring (bicyclic) bond motifs is 1. The van der Waals surface area contributed by atoms with Gasteiger partial charge in [-0.05, 0) is 43.0 Å². The van der Waals surface area contributed by atoms with E-state index in [0.29, 0.717) is 6.61 Å². The first kappa shape index (κ1) is 12.2. The van der Waals surface area contributed by atoms with E-state index >= 15 is 0 Å². The zero-order valence-electron chi connectivity index (χ0n) is 11.0. The molecule has 2 aromatic rings. The number of aromatic nitrogens is 2. The van der Waals surface area contributed by atoms with Crippen LogP contribution in [0.3, 0.4) is 0 Å². The lowest BCUT2D eigenvalue weighted by Crippen LogP contribution is -2.05. The van der Waals surface area contributed by atoms with Crippen molar-refractivity contribution in [2.45, 2.75) is 39.0 Å². The van der Waals surface area contributed by atoms with E-state index in [9.17, 15) is 5.11 Å². The maximum atomic E-state index is 9.77. The summed E-state index contributed by atoms with van der Waals surface area (Å²) >= 11 is 0. The Morgan fingerprint density at radius 2 is 2.37 bits per heavy atom. The molecule has 1 aromatic carbocycles. The fourth-order valence-electron chi connectivity index (χ4n) is 2.58. The highest BCUT2D eigenvalue weighted by Gasteiger charge is 2.20. The third-order valence-electron chi connectivity index (χ3n) is 3.67. The highest BCUT2D eigenvalue weighted by Crippen LogP contribution is 2.33. The molecule has 0 radical (unpaired) electrons. The molecule has 4 heteroatoms. The number of benzene rings is 1. The summed E-state index contributed by atoms with van der Waals surface area (Å²) in [6.07, 6.45) is 5.19. The number of hydrogen-bond acceptors (Lipinski definition) is 3. The summed E-state index contributed by atoms with van der Waals surface area (Å²) in [5, 5.41) is 9.77. The number of hydrogen-bond donors (Lipinski definition) is 1. The number of aliphatic hydroxyl groups is 1. The molecule has 0 saturated carbocycles. The summed E-state index contributed by atoms with van der Waals surface area (Å²) in [6.45, 7) is 3.46. The van der Waals surface area contributed by atoms with Crippen LogP contribution in [0.2, 0.25) is 0 Å². The predicted molar refractivity (Wildman–Crippen MR) is 72.0 cm³/mol. The van der Waals surface area contributed by atoms with Gasteiger partial charge in [-0.15, -0.1) is 0 Å². The Morgan fingerprint density at radius 3 is 3.21 bits per heavy atom. The minimum atomic E-state index is -0.303. The fraction of sp³-hybridized carbons (Fsp3) is 0.400. The highest BCUT2D eigenvalue weighted by molar-refractivity contribution is 5.39. The molecule has 4 nitrogen and oxygen atoms in total. The van der Waals surface area contributed by atoms with Gasteiger partial charge in [0.25, 0.3) is 0 Å². The van der Waals surface area contributed by atoms with E-state index in [1.807, 2.05) is 24.4 Å². The van der Waals surface area contributed by atoms with Crippen molar-refractivity contribution < 1.29 is 9.84 Å². The number of ether oxygens (including phenoxy) is 1. The van der Waals surface area contributed by atoms with E-state index < -0.39 is 0 Å². The summed E-state index contributed by atoms with van der Waals surface area (Å²) in [7, 11) is 0. The Hall–Kier alpha value is -1.81. The summed E-state index contributed by atoms with van der Waals surface area (Å²) in [5.41, 5.74) is 2.24. The van der Waals surface area contributed by atoms with Gasteiger partial charge in [-0.2, -0.15) is 0 Å². The zero-order valence-corrected chi connectivity index (χ0v) is 11.0. The Morgan fingerprint density at radius 1 is 1.47 bits per heavy atom. The molecule has 1 atom stereocenters.